The molecule has 0 aliphatic carbocycles. The van der Waals surface area contributed by atoms with Crippen molar-refractivity contribution in [3.63, 3.8) is 0 Å². The Labute approximate surface area is 82.4 Å². The quantitative estimate of drug-likeness (QED) is 0.587. The zero-order chi connectivity index (χ0) is 12.1. The normalized spacial score (nSPS) is 32.0. The highest BCUT2D eigenvalue weighted by Crippen LogP contribution is 2.59. The van der Waals surface area contributed by atoms with Gasteiger partial charge in [-0.2, -0.15) is 26.3 Å². The summed E-state index contributed by atoms with van der Waals surface area (Å²) in [6, 6.07) is 0. The van der Waals surface area contributed by atoms with Crippen molar-refractivity contribution in [3.8, 4) is 0 Å². The highest BCUT2D eigenvalue weighted by atomic mass is 19.4. The molecule has 1 rings (SSSR count). The maximum atomic E-state index is 12.5. The van der Waals surface area contributed by atoms with Gasteiger partial charge in [0.25, 0.3) is 0 Å². The number of hydrogen-bond donors (Lipinski definition) is 0. The Kier molecular flexibility index (Phi) is 2.74. The number of halogens is 6. The Morgan fingerprint density at radius 2 is 1.40 bits per heavy atom. The summed E-state index contributed by atoms with van der Waals surface area (Å²) in [6.45, 7) is 0.783. The van der Waals surface area contributed by atoms with Crippen LogP contribution in [0.25, 0.3) is 0 Å². The first-order valence-electron chi connectivity index (χ1n) is 4.29. The van der Waals surface area contributed by atoms with E-state index in [0.717, 1.165) is 6.92 Å². The fraction of sp³-hybridized carbons (Fsp3) is 1.00. The Bertz CT molecular complexity index is 228. The molecule has 1 aliphatic heterocycles. The van der Waals surface area contributed by atoms with Gasteiger partial charge in [-0.25, -0.2) is 0 Å². The molecular weight excluding hydrogens is 226 g/mol. The van der Waals surface area contributed by atoms with Crippen molar-refractivity contribution < 1.29 is 31.1 Å². The van der Waals surface area contributed by atoms with Gasteiger partial charge in [0.05, 0.1) is 12.7 Å². The summed E-state index contributed by atoms with van der Waals surface area (Å²) in [5, 5.41) is 0. The molecule has 0 saturated carbocycles. The molecular formula is C8H10F6O. The van der Waals surface area contributed by atoms with Gasteiger partial charge in [0.15, 0.2) is 5.41 Å². The summed E-state index contributed by atoms with van der Waals surface area (Å²) in [5.74, 6) is -1.63. The van der Waals surface area contributed by atoms with Crippen LogP contribution in [-0.2, 0) is 4.74 Å². The predicted molar refractivity (Wildman–Crippen MR) is 39.1 cm³/mol. The Morgan fingerprint density at radius 1 is 1.00 bits per heavy atom. The molecule has 2 unspecified atom stereocenters. The molecule has 0 N–H and O–H groups in total. The number of rotatable bonds is 0. The lowest BCUT2D eigenvalue weighted by Crippen LogP contribution is -2.54. The number of hydrogen-bond acceptors (Lipinski definition) is 1. The van der Waals surface area contributed by atoms with Crippen molar-refractivity contribution in [2.45, 2.75) is 32.3 Å². The van der Waals surface area contributed by atoms with Crippen molar-refractivity contribution >= 4 is 0 Å². The van der Waals surface area contributed by atoms with E-state index < -0.39 is 36.4 Å². The van der Waals surface area contributed by atoms with E-state index >= 15 is 0 Å². The average molecular weight is 236 g/mol. The van der Waals surface area contributed by atoms with Gasteiger partial charge in [0.2, 0.25) is 0 Å². The second-order valence-electron chi connectivity index (χ2n) is 3.77. The van der Waals surface area contributed by atoms with Gasteiger partial charge < -0.3 is 4.74 Å². The lowest BCUT2D eigenvalue weighted by molar-refractivity contribution is -0.349. The van der Waals surface area contributed by atoms with Crippen LogP contribution in [0.1, 0.15) is 13.8 Å². The van der Waals surface area contributed by atoms with E-state index in [0.29, 0.717) is 0 Å². The summed E-state index contributed by atoms with van der Waals surface area (Å²) in [6.07, 6.45) is -11.7. The van der Waals surface area contributed by atoms with Crippen LogP contribution >= 0.6 is 0 Å². The van der Waals surface area contributed by atoms with Crippen LogP contribution < -0.4 is 0 Å². The van der Waals surface area contributed by atoms with Gasteiger partial charge in [-0.05, 0) is 6.92 Å². The third-order valence-electron chi connectivity index (χ3n) is 3.07. The van der Waals surface area contributed by atoms with Crippen molar-refractivity contribution in [2.75, 3.05) is 6.61 Å². The standard InChI is InChI=1S/C8H10F6O/c1-4-5(2)15-3-6(4,7(9,10)11)8(12,13)14/h4-5H,3H2,1-2H3. The van der Waals surface area contributed by atoms with Crippen LogP contribution in [0.5, 0.6) is 0 Å². The lowest BCUT2D eigenvalue weighted by Gasteiger charge is -2.36. The van der Waals surface area contributed by atoms with Gasteiger partial charge in [-0.15, -0.1) is 0 Å². The van der Waals surface area contributed by atoms with E-state index in [4.69, 9.17) is 0 Å². The third-order valence-corrected chi connectivity index (χ3v) is 3.07. The van der Waals surface area contributed by atoms with Crippen LogP contribution in [0.2, 0.25) is 0 Å². The molecule has 1 heterocycles. The molecule has 1 aliphatic rings. The highest BCUT2D eigenvalue weighted by molar-refractivity contribution is 5.02. The fourth-order valence-electron chi connectivity index (χ4n) is 1.78. The Balaban J connectivity index is 3.22. The second-order valence-corrected chi connectivity index (χ2v) is 3.77. The molecule has 2 atom stereocenters. The molecule has 0 radical (unpaired) electrons. The molecule has 0 aromatic rings. The van der Waals surface area contributed by atoms with Crippen LogP contribution in [0.15, 0.2) is 0 Å². The van der Waals surface area contributed by atoms with Crippen molar-refractivity contribution in [3.05, 3.63) is 0 Å². The molecule has 1 fully saturated rings. The molecule has 0 spiro atoms. The van der Waals surface area contributed by atoms with Gasteiger partial charge in [-0.1, -0.05) is 6.92 Å². The van der Waals surface area contributed by atoms with Crippen LogP contribution in [-0.4, -0.2) is 25.1 Å². The van der Waals surface area contributed by atoms with Gasteiger partial charge in [0.1, 0.15) is 0 Å². The van der Waals surface area contributed by atoms with Gasteiger partial charge >= 0.3 is 12.4 Å². The average Bonchev–Trinajstić information content (AvgIpc) is 2.26. The van der Waals surface area contributed by atoms with Crippen molar-refractivity contribution in [1.82, 2.24) is 0 Å². The molecule has 15 heavy (non-hydrogen) atoms. The largest absolute Gasteiger partial charge is 0.405 e. The first-order chi connectivity index (χ1) is 6.54. The minimum absolute atomic E-state index is 0.915. The minimum atomic E-state index is -5.34. The van der Waals surface area contributed by atoms with Crippen LogP contribution in [0, 0.1) is 11.3 Å². The van der Waals surface area contributed by atoms with E-state index in [9.17, 15) is 26.3 Å². The van der Waals surface area contributed by atoms with E-state index in [-0.39, 0.29) is 0 Å². The monoisotopic (exact) mass is 236 g/mol. The zero-order valence-electron chi connectivity index (χ0n) is 8.04. The topological polar surface area (TPSA) is 9.23 Å². The Morgan fingerprint density at radius 3 is 1.53 bits per heavy atom. The first kappa shape index (κ1) is 12.6. The molecule has 1 nitrogen and oxygen atoms in total. The highest BCUT2D eigenvalue weighted by Gasteiger charge is 2.76. The van der Waals surface area contributed by atoms with E-state index in [1.165, 1.54) is 6.92 Å². The molecule has 0 amide bonds. The minimum Gasteiger partial charge on any atom is -0.377 e. The van der Waals surface area contributed by atoms with E-state index in [1.54, 1.807) is 0 Å². The third kappa shape index (κ3) is 1.60. The van der Waals surface area contributed by atoms with Crippen LogP contribution in [0.4, 0.5) is 26.3 Å². The summed E-state index contributed by atoms with van der Waals surface area (Å²) < 4.78 is 79.7. The predicted octanol–water partition coefficient (Wildman–Crippen LogP) is 3.15. The zero-order valence-corrected chi connectivity index (χ0v) is 8.04. The smallest absolute Gasteiger partial charge is 0.377 e. The fourth-order valence-corrected chi connectivity index (χ4v) is 1.78. The van der Waals surface area contributed by atoms with Crippen LogP contribution in [0.3, 0.4) is 0 Å². The number of alkyl halides is 6. The molecule has 0 bridgehead atoms. The van der Waals surface area contributed by atoms with E-state index in [2.05, 4.69) is 4.74 Å². The molecule has 7 heteroatoms. The summed E-state index contributed by atoms with van der Waals surface area (Å²) in [4.78, 5) is 0. The Hall–Kier alpha value is -0.460. The van der Waals surface area contributed by atoms with E-state index in [1.807, 2.05) is 0 Å². The maximum Gasteiger partial charge on any atom is 0.405 e. The SMILES string of the molecule is CC1OCC(C(F)(F)F)(C(F)(F)F)C1C. The molecule has 90 valence electrons. The molecule has 1 saturated heterocycles. The van der Waals surface area contributed by atoms with Crippen molar-refractivity contribution in [1.29, 1.82) is 0 Å². The lowest BCUT2D eigenvalue weighted by atomic mass is 9.75. The van der Waals surface area contributed by atoms with Crippen molar-refractivity contribution in [2.24, 2.45) is 11.3 Å². The number of ether oxygens (including phenoxy) is 1. The summed E-state index contributed by atoms with van der Waals surface area (Å²) >= 11 is 0. The maximum absolute atomic E-state index is 12.5. The van der Waals surface area contributed by atoms with Gasteiger partial charge in [-0.3, -0.25) is 0 Å². The molecule has 0 aromatic heterocycles. The summed E-state index contributed by atoms with van der Waals surface area (Å²) in [5.41, 5.74) is -3.72. The van der Waals surface area contributed by atoms with Gasteiger partial charge in [0, 0.05) is 5.92 Å². The second kappa shape index (κ2) is 3.26. The first-order valence-corrected chi connectivity index (χ1v) is 4.29. The summed E-state index contributed by atoms with van der Waals surface area (Å²) in [7, 11) is 0. The molecule has 0 aromatic carbocycles.